The number of alkyl halides is 3. The molecule has 0 saturated carbocycles. The number of ether oxygens (including phenoxy) is 2. The number of aromatic amines is 1. The standard InChI is InChI=1S/C29H28F4N4O4/c1-2-23(29(31,32)33)25(41-20-9-5-18(30)6-10-20)4-3-15-36-27(38)28(39)37-19-7-11-21(12-8-19)40-24-14-17-35-26-22(24)13-16-34-26/h2-9,11-14,16-17,20,27-28,36-39H,1,10,15H2,(H,34,35)/b4-3-,25-23-. The largest absolute Gasteiger partial charge is 0.485 e. The summed E-state index contributed by atoms with van der Waals surface area (Å²) >= 11 is 0. The van der Waals surface area contributed by atoms with Gasteiger partial charge in [-0.3, -0.25) is 5.32 Å². The van der Waals surface area contributed by atoms with Gasteiger partial charge < -0.3 is 30.0 Å². The number of allylic oxidation sites excluding steroid dienone is 5. The Morgan fingerprint density at radius 3 is 2.63 bits per heavy atom. The zero-order valence-corrected chi connectivity index (χ0v) is 21.6. The molecule has 4 rings (SSSR count). The van der Waals surface area contributed by atoms with Gasteiger partial charge in [0.2, 0.25) is 0 Å². The predicted octanol–water partition coefficient (Wildman–Crippen LogP) is 5.75. The fraction of sp³-hybridized carbons (Fsp3) is 0.207. The first-order valence-corrected chi connectivity index (χ1v) is 12.5. The van der Waals surface area contributed by atoms with Gasteiger partial charge >= 0.3 is 6.18 Å². The van der Waals surface area contributed by atoms with Crippen molar-refractivity contribution in [2.45, 2.75) is 31.2 Å². The van der Waals surface area contributed by atoms with Crippen molar-refractivity contribution in [1.82, 2.24) is 15.3 Å². The fourth-order valence-electron chi connectivity index (χ4n) is 3.86. The van der Waals surface area contributed by atoms with E-state index < -0.39 is 41.9 Å². The van der Waals surface area contributed by atoms with E-state index in [2.05, 4.69) is 27.2 Å². The molecule has 41 heavy (non-hydrogen) atoms. The molecule has 0 saturated heterocycles. The molecular formula is C29H28F4N4O4. The number of aliphatic hydroxyl groups is 2. The van der Waals surface area contributed by atoms with E-state index in [4.69, 9.17) is 9.47 Å². The summed E-state index contributed by atoms with van der Waals surface area (Å²) in [4.78, 5) is 7.21. The summed E-state index contributed by atoms with van der Waals surface area (Å²) in [7, 11) is 0. The van der Waals surface area contributed by atoms with E-state index in [1.165, 1.54) is 18.2 Å². The Balaban J connectivity index is 1.31. The molecule has 0 radical (unpaired) electrons. The number of hydrogen-bond acceptors (Lipinski definition) is 7. The van der Waals surface area contributed by atoms with Crippen molar-refractivity contribution in [3.63, 3.8) is 0 Å². The van der Waals surface area contributed by atoms with Crippen molar-refractivity contribution in [3.05, 3.63) is 109 Å². The minimum absolute atomic E-state index is 0.0599. The number of nitrogens with one attached hydrogen (secondary N) is 3. The molecule has 1 aromatic carbocycles. The van der Waals surface area contributed by atoms with Crippen LogP contribution >= 0.6 is 0 Å². The van der Waals surface area contributed by atoms with Crippen LogP contribution in [0.5, 0.6) is 11.5 Å². The van der Waals surface area contributed by atoms with Crippen LogP contribution in [-0.2, 0) is 4.74 Å². The molecule has 3 aromatic rings. The average Bonchev–Trinajstić information content (AvgIpc) is 3.43. The first-order valence-electron chi connectivity index (χ1n) is 12.5. The highest BCUT2D eigenvalue weighted by Crippen LogP contribution is 2.32. The molecular weight excluding hydrogens is 544 g/mol. The number of rotatable bonds is 12. The van der Waals surface area contributed by atoms with Crippen molar-refractivity contribution < 1.29 is 37.2 Å². The third-order valence-corrected chi connectivity index (χ3v) is 5.90. The van der Waals surface area contributed by atoms with Crippen LogP contribution in [0.3, 0.4) is 0 Å². The van der Waals surface area contributed by atoms with E-state index in [1.807, 2.05) is 6.07 Å². The minimum Gasteiger partial charge on any atom is -0.485 e. The lowest BCUT2D eigenvalue weighted by molar-refractivity contribution is -0.0917. The lowest BCUT2D eigenvalue weighted by atomic mass is 10.1. The van der Waals surface area contributed by atoms with Crippen LogP contribution in [-0.4, -0.2) is 51.5 Å². The molecule has 2 aromatic heterocycles. The summed E-state index contributed by atoms with van der Waals surface area (Å²) in [5.74, 6) is 0.142. The van der Waals surface area contributed by atoms with Gasteiger partial charge in [-0.05, 0) is 60.7 Å². The number of halogens is 4. The molecule has 12 heteroatoms. The van der Waals surface area contributed by atoms with E-state index in [-0.39, 0.29) is 13.0 Å². The molecule has 0 spiro atoms. The van der Waals surface area contributed by atoms with E-state index in [9.17, 15) is 27.8 Å². The van der Waals surface area contributed by atoms with Crippen molar-refractivity contribution >= 4 is 16.7 Å². The molecule has 0 aliphatic heterocycles. The molecule has 0 amide bonds. The SMILES string of the molecule is C=C/C(=C(\C=C/CNC(O)C(O)Nc1ccc(Oc2ccnc3[nH]ccc23)cc1)OC1C=CC(F)=CC1)C(F)(F)F. The number of H-pyrrole nitrogens is 1. The van der Waals surface area contributed by atoms with E-state index in [0.717, 1.165) is 17.5 Å². The Labute approximate surface area is 233 Å². The quantitative estimate of drug-likeness (QED) is 0.0813. The van der Waals surface area contributed by atoms with E-state index >= 15 is 0 Å². The molecule has 1 aliphatic rings. The highest BCUT2D eigenvalue weighted by atomic mass is 19.4. The number of fused-ring (bicyclic) bond motifs is 1. The summed E-state index contributed by atoms with van der Waals surface area (Å²) in [5, 5.41) is 26.7. The second-order valence-corrected chi connectivity index (χ2v) is 8.84. The zero-order valence-electron chi connectivity index (χ0n) is 21.6. The predicted molar refractivity (Wildman–Crippen MR) is 146 cm³/mol. The molecule has 0 bridgehead atoms. The summed E-state index contributed by atoms with van der Waals surface area (Å²) in [5.41, 5.74) is 0.0681. The van der Waals surface area contributed by atoms with Crippen LogP contribution < -0.4 is 15.4 Å². The summed E-state index contributed by atoms with van der Waals surface area (Å²) < 4.78 is 65.0. The number of aromatic nitrogens is 2. The third-order valence-electron chi connectivity index (χ3n) is 5.90. The van der Waals surface area contributed by atoms with Crippen LogP contribution in [0, 0.1) is 0 Å². The van der Waals surface area contributed by atoms with Crippen LogP contribution in [0.2, 0.25) is 0 Å². The minimum atomic E-state index is -4.73. The Morgan fingerprint density at radius 2 is 1.95 bits per heavy atom. The van der Waals surface area contributed by atoms with Crippen LogP contribution in [0.15, 0.2) is 109 Å². The summed E-state index contributed by atoms with van der Waals surface area (Å²) in [6, 6.07) is 10.2. The van der Waals surface area contributed by atoms with Crippen LogP contribution in [0.1, 0.15) is 6.42 Å². The number of pyridine rings is 1. The van der Waals surface area contributed by atoms with Crippen LogP contribution in [0.4, 0.5) is 23.2 Å². The number of anilines is 1. The molecule has 5 N–H and O–H groups in total. The summed E-state index contributed by atoms with van der Waals surface area (Å²) in [6.45, 7) is 3.10. The maximum atomic E-state index is 13.5. The lowest BCUT2D eigenvalue weighted by Crippen LogP contribution is -2.44. The highest BCUT2D eigenvalue weighted by Gasteiger charge is 2.35. The molecule has 3 atom stereocenters. The normalized spacial score (nSPS) is 17.6. The van der Waals surface area contributed by atoms with Gasteiger partial charge in [-0.25, -0.2) is 9.37 Å². The van der Waals surface area contributed by atoms with Crippen molar-refractivity contribution in [2.24, 2.45) is 0 Å². The number of aliphatic hydroxyl groups excluding tert-OH is 2. The van der Waals surface area contributed by atoms with Gasteiger partial charge in [-0.2, -0.15) is 13.2 Å². The van der Waals surface area contributed by atoms with E-state index in [0.29, 0.717) is 28.9 Å². The Kier molecular flexibility index (Phi) is 9.61. The third kappa shape index (κ3) is 8.07. The fourth-order valence-corrected chi connectivity index (χ4v) is 3.86. The monoisotopic (exact) mass is 572 g/mol. The van der Waals surface area contributed by atoms with Gasteiger partial charge in [-0.15, -0.1) is 0 Å². The van der Waals surface area contributed by atoms with E-state index in [1.54, 1.807) is 42.7 Å². The van der Waals surface area contributed by atoms with Gasteiger partial charge in [0.1, 0.15) is 41.1 Å². The molecule has 1 aliphatic carbocycles. The highest BCUT2D eigenvalue weighted by molar-refractivity contribution is 5.82. The van der Waals surface area contributed by atoms with Crippen molar-refractivity contribution in [3.8, 4) is 11.5 Å². The topological polar surface area (TPSA) is 112 Å². The molecule has 216 valence electrons. The van der Waals surface area contributed by atoms with Crippen molar-refractivity contribution in [2.75, 3.05) is 11.9 Å². The number of hydrogen-bond donors (Lipinski definition) is 5. The second-order valence-electron chi connectivity index (χ2n) is 8.84. The molecule has 3 unspecified atom stereocenters. The van der Waals surface area contributed by atoms with Gasteiger partial charge in [0, 0.05) is 31.0 Å². The maximum absolute atomic E-state index is 13.5. The van der Waals surface area contributed by atoms with Crippen molar-refractivity contribution in [1.29, 1.82) is 0 Å². The van der Waals surface area contributed by atoms with Gasteiger partial charge in [0.05, 0.1) is 11.0 Å². The van der Waals surface area contributed by atoms with Crippen LogP contribution in [0.25, 0.3) is 11.0 Å². The Bertz CT molecular complexity index is 1460. The summed E-state index contributed by atoms with van der Waals surface area (Å²) in [6.07, 6.45) is 1.63. The maximum Gasteiger partial charge on any atom is 0.419 e. The van der Waals surface area contributed by atoms with Gasteiger partial charge in [0.25, 0.3) is 0 Å². The molecule has 0 fully saturated rings. The Hall–Kier alpha value is -4.39. The molecule has 2 heterocycles. The lowest BCUT2D eigenvalue weighted by Gasteiger charge is -2.21. The average molecular weight is 573 g/mol. The smallest absolute Gasteiger partial charge is 0.419 e. The first kappa shape index (κ1) is 29.6. The second kappa shape index (κ2) is 13.3. The number of benzene rings is 1. The Morgan fingerprint density at radius 1 is 1.17 bits per heavy atom. The zero-order chi connectivity index (χ0) is 29.4. The van der Waals surface area contributed by atoms with Gasteiger partial charge in [0.15, 0.2) is 6.23 Å². The molecule has 8 nitrogen and oxygen atoms in total. The first-order chi connectivity index (χ1) is 19.6. The number of nitrogens with zero attached hydrogens (tertiary/aromatic N) is 1. The van der Waals surface area contributed by atoms with Gasteiger partial charge in [-0.1, -0.05) is 18.7 Å².